The zero-order chi connectivity index (χ0) is 14.9. The molecule has 0 fully saturated rings. The van der Waals surface area contributed by atoms with Crippen molar-refractivity contribution in [1.82, 2.24) is 0 Å². The van der Waals surface area contributed by atoms with Gasteiger partial charge in [-0.05, 0) is 36.8 Å². The van der Waals surface area contributed by atoms with Gasteiger partial charge in [0.2, 0.25) is 0 Å². The van der Waals surface area contributed by atoms with E-state index in [0.717, 1.165) is 18.2 Å². The molecule has 0 aliphatic carbocycles. The van der Waals surface area contributed by atoms with Crippen LogP contribution in [0.15, 0.2) is 30.3 Å². The average molecular weight is 337 g/mol. The molecule has 0 saturated carbocycles. The maximum atomic E-state index is 13.6. The Hall–Kier alpha value is -1.03. The lowest BCUT2D eigenvalue weighted by molar-refractivity contribution is 0.600. The van der Waals surface area contributed by atoms with Gasteiger partial charge in [-0.25, -0.2) is 8.78 Å². The quantitative estimate of drug-likeness (QED) is 0.668. The summed E-state index contributed by atoms with van der Waals surface area (Å²) in [6.45, 7) is 1.76. The molecule has 1 atom stereocenters. The zero-order valence-electron chi connectivity index (χ0n) is 10.4. The van der Waals surface area contributed by atoms with Crippen LogP contribution in [0.5, 0.6) is 0 Å². The summed E-state index contributed by atoms with van der Waals surface area (Å²) in [7, 11) is 0. The molecule has 0 spiro atoms. The highest BCUT2D eigenvalue weighted by molar-refractivity contribution is 6.48. The van der Waals surface area contributed by atoms with Crippen molar-refractivity contribution in [3.05, 3.63) is 62.6 Å². The highest BCUT2D eigenvalue weighted by Crippen LogP contribution is 2.36. The topological polar surface area (TPSA) is 12.0 Å². The second kappa shape index (κ2) is 6.17. The standard InChI is InChI=1S/C14H10Cl3F2N/c1-7(9-3-4-10(15)14(17)13(9)16)20-12-6-8(18)2-5-11(12)19/h2-7,20H,1H3. The summed E-state index contributed by atoms with van der Waals surface area (Å²) in [6, 6.07) is 6.11. The molecule has 0 radical (unpaired) electrons. The van der Waals surface area contributed by atoms with E-state index in [2.05, 4.69) is 5.32 Å². The average Bonchev–Trinajstić information content (AvgIpc) is 2.40. The lowest BCUT2D eigenvalue weighted by Gasteiger charge is -2.18. The smallest absolute Gasteiger partial charge is 0.146 e. The molecule has 20 heavy (non-hydrogen) atoms. The first-order chi connectivity index (χ1) is 9.40. The SMILES string of the molecule is CC(Nc1cc(F)ccc1F)c1ccc(Cl)c(Cl)c1Cl. The van der Waals surface area contributed by atoms with Gasteiger partial charge in [0.25, 0.3) is 0 Å². The van der Waals surface area contributed by atoms with E-state index in [1.54, 1.807) is 19.1 Å². The monoisotopic (exact) mass is 335 g/mol. The number of anilines is 1. The van der Waals surface area contributed by atoms with Crippen molar-refractivity contribution in [2.45, 2.75) is 13.0 Å². The van der Waals surface area contributed by atoms with E-state index in [4.69, 9.17) is 34.8 Å². The summed E-state index contributed by atoms with van der Waals surface area (Å²) in [5.74, 6) is -1.07. The molecule has 0 saturated heterocycles. The highest BCUT2D eigenvalue weighted by Gasteiger charge is 2.15. The third-order valence-electron chi connectivity index (χ3n) is 2.83. The fourth-order valence-corrected chi connectivity index (χ4v) is 2.50. The summed E-state index contributed by atoms with van der Waals surface area (Å²) in [6.07, 6.45) is 0. The molecule has 0 aromatic heterocycles. The van der Waals surface area contributed by atoms with Crippen LogP contribution in [-0.4, -0.2) is 0 Å². The summed E-state index contributed by atoms with van der Waals surface area (Å²) in [4.78, 5) is 0. The Morgan fingerprint density at radius 3 is 2.40 bits per heavy atom. The molecule has 2 aromatic carbocycles. The molecule has 1 unspecified atom stereocenters. The van der Waals surface area contributed by atoms with Crippen LogP contribution >= 0.6 is 34.8 Å². The van der Waals surface area contributed by atoms with E-state index in [1.807, 2.05) is 0 Å². The van der Waals surface area contributed by atoms with E-state index >= 15 is 0 Å². The molecule has 2 aromatic rings. The van der Waals surface area contributed by atoms with Gasteiger partial charge in [0, 0.05) is 0 Å². The minimum Gasteiger partial charge on any atom is -0.376 e. The van der Waals surface area contributed by atoms with Crippen molar-refractivity contribution in [3.8, 4) is 0 Å². The fourth-order valence-electron chi connectivity index (χ4n) is 1.79. The lowest BCUT2D eigenvalue weighted by Crippen LogP contribution is -2.09. The van der Waals surface area contributed by atoms with Gasteiger partial charge in [0.05, 0.1) is 26.8 Å². The molecule has 1 nitrogen and oxygen atoms in total. The number of hydrogen-bond acceptors (Lipinski definition) is 1. The van der Waals surface area contributed by atoms with Crippen molar-refractivity contribution < 1.29 is 8.78 Å². The lowest BCUT2D eigenvalue weighted by atomic mass is 10.1. The molecule has 0 heterocycles. The van der Waals surface area contributed by atoms with Crippen LogP contribution in [0.25, 0.3) is 0 Å². The van der Waals surface area contributed by atoms with Crippen molar-refractivity contribution in [1.29, 1.82) is 0 Å². The normalized spacial score (nSPS) is 12.3. The Bertz CT molecular complexity index is 647. The molecule has 0 amide bonds. The van der Waals surface area contributed by atoms with Gasteiger partial charge in [0.1, 0.15) is 11.6 Å². The first kappa shape index (κ1) is 15.4. The maximum Gasteiger partial charge on any atom is 0.146 e. The van der Waals surface area contributed by atoms with Crippen LogP contribution in [-0.2, 0) is 0 Å². The van der Waals surface area contributed by atoms with Gasteiger partial charge in [-0.2, -0.15) is 0 Å². The summed E-state index contributed by atoms with van der Waals surface area (Å²) >= 11 is 17.9. The Labute approximate surface area is 130 Å². The molecule has 6 heteroatoms. The number of nitrogens with one attached hydrogen (secondary N) is 1. The number of halogens is 5. The molecule has 2 rings (SSSR count). The Kier molecular flexibility index (Phi) is 4.74. The maximum absolute atomic E-state index is 13.6. The van der Waals surface area contributed by atoms with E-state index < -0.39 is 11.6 Å². The molecule has 106 valence electrons. The van der Waals surface area contributed by atoms with Gasteiger partial charge < -0.3 is 5.32 Å². The van der Waals surface area contributed by atoms with Crippen LogP contribution in [0.4, 0.5) is 14.5 Å². The van der Waals surface area contributed by atoms with Gasteiger partial charge in [-0.3, -0.25) is 0 Å². The molecule has 1 N–H and O–H groups in total. The van der Waals surface area contributed by atoms with Gasteiger partial charge in [-0.15, -0.1) is 0 Å². The molecule has 0 bridgehead atoms. The van der Waals surface area contributed by atoms with Crippen LogP contribution in [0.3, 0.4) is 0 Å². The third kappa shape index (κ3) is 3.17. The first-order valence-electron chi connectivity index (χ1n) is 5.75. The summed E-state index contributed by atoms with van der Waals surface area (Å²) in [5, 5.41) is 3.71. The van der Waals surface area contributed by atoms with E-state index in [1.165, 1.54) is 0 Å². The van der Waals surface area contributed by atoms with E-state index in [-0.39, 0.29) is 21.8 Å². The Morgan fingerprint density at radius 2 is 1.70 bits per heavy atom. The minimum atomic E-state index is -0.547. The number of rotatable bonds is 3. The molecule has 0 aliphatic heterocycles. The largest absolute Gasteiger partial charge is 0.376 e. The molecular formula is C14H10Cl3F2N. The third-order valence-corrected chi connectivity index (χ3v) is 4.14. The van der Waals surface area contributed by atoms with Gasteiger partial charge in [0.15, 0.2) is 0 Å². The summed E-state index contributed by atoms with van der Waals surface area (Å²) < 4.78 is 26.7. The van der Waals surface area contributed by atoms with Crippen LogP contribution in [0, 0.1) is 11.6 Å². The second-order valence-electron chi connectivity index (χ2n) is 4.25. The Balaban J connectivity index is 2.31. The highest BCUT2D eigenvalue weighted by atomic mass is 35.5. The van der Waals surface area contributed by atoms with E-state index in [0.29, 0.717) is 10.6 Å². The van der Waals surface area contributed by atoms with Crippen LogP contribution < -0.4 is 5.32 Å². The van der Waals surface area contributed by atoms with Crippen molar-refractivity contribution >= 4 is 40.5 Å². The van der Waals surface area contributed by atoms with Crippen molar-refractivity contribution in [2.75, 3.05) is 5.32 Å². The van der Waals surface area contributed by atoms with Gasteiger partial charge in [-0.1, -0.05) is 40.9 Å². The zero-order valence-corrected chi connectivity index (χ0v) is 12.6. The number of hydrogen-bond donors (Lipinski definition) is 1. The minimum absolute atomic E-state index is 0.0552. The fraction of sp³-hybridized carbons (Fsp3) is 0.143. The first-order valence-corrected chi connectivity index (χ1v) is 6.88. The van der Waals surface area contributed by atoms with Crippen LogP contribution in [0.2, 0.25) is 15.1 Å². The van der Waals surface area contributed by atoms with Crippen molar-refractivity contribution in [3.63, 3.8) is 0 Å². The van der Waals surface area contributed by atoms with Gasteiger partial charge >= 0.3 is 0 Å². The molecular weight excluding hydrogens is 327 g/mol. The Morgan fingerprint density at radius 1 is 1.00 bits per heavy atom. The predicted molar refractivity (Wildman–Crippen MR) is 79.9 cm³/mol. The van der Waals surface area contributed by atoms with Crippen molar-refractivity contribution in [2.24, 2.45) is 0 Å². The summed E-state index contributed by atoms with van der Waals surface area (Å²) in [5.41, 5.74) is 0.698. The second-order valence-corrected chi connectivity index (χ2v) is 5.42. The van der Waals surface area contributed by atoms with Crippen LogP contribution in [0.1, 0.15) is 18.5 Å². The molecule has 0 aliphatic rings. The predicted octanol–water partition coefficient (Wildman–Crippen LogP) is 6.10. The number of benzene rings is 2. The van der Waals surface area contributed by atoms with E-state index in [9.17, 15) is 8.78 Å².